The normalized spacial score (nSPS) is 16.4. The number of aromatic nitrogens is 1. The van der Waals surface area contributed by atoms with Gasteiger partial charge in [0.15, 0.2) is 0 Å². The first-order valence-electron chi connectivity index (χ1n) is 7.06. The van der Waals surface area contributed by atoms with Crippen molar-refractivity contribution in [3.05, 3.63) is 24.0 Å². The van der Waals surface area contributed by atoms with Gasteiger partial charge in [-0.1, -0.05) is 12.8 Å². The van der Waals surface area contributed by atoms with Crippen molar-refractivity contribution in [2.24, 2.45) is 0 Å². The zero-order valence-electron chi connectivity index (χ0n) is 11.6. The maximum atomic E-state index is 12.5. The fourth-order valence-electron chi connectivity index (χ4n) is 2.86. The number of hydrogen-bond acceptors (Lipinski definition) is 2. The standard InChI is InChI=1S/C14H19F3N2O2/c15-14(16,17)10-18-7-3-6-12(18)13(21)19(8-9-20)11-4-1-2-5-11/h3,6-7,11,20H,1-2,4-5,8-10H2. The van der Waals surface area contributed by atoms with E-state index in [9.17, 15) is 18.0 Å². The molecule has 0 unspecified atom stereocenters. The second kappa shape index (κ2) is 6.51. The molecular formula is C14H19F3N2O2. The highest BCUT2D eigenvalue weighted by molar-refractivity contribution is 5.93. The number of aliphatic hydroxyl groups excluding tert-OH is 1. The zero-order valence-corrected chi connectivity index (χ0v) is 11.6. The molecule has 4 nitrogen and oxygen atoms in total. The molecule has 0 bridgehead atoms. The molecule has 21 heavy (non-hydrogen) atoms. The molecule has 0 saturated heterocycles. The number of nitrogens with zero attached hydrogens (tertiary/aromatic N) is 2. The molecule has 1 amide bonds. The van der Waals surface area contributed by atoms with Gasteiger partial charge in [-0.2, -0.15) is 13.2 Å². The Morgan fingerprint density at radius 1 is 1.38 bits per heavy atom. The number of aliphatic hydroxyl groups is 1. The highest BCUT2D eigenvalue weighted by Gasteiger charge is 2.32. The van der Waals surface area contributed by atoms with Gasteiger partial charge in [-0.15, -0.1) is 0 Å². The van der Waals surface area contributed by atoms with Crippen molar-refractivity contribution < 1.29 is 23.1 Å². The summed E-state index contributed by atoms with van der Waals surface area (Å²) in [5, 5.41) is 9.12. The van der Waals surface area contributed by atoms with Gasteiger partial charge >= 0.3 is 6.18 Å². The van der Waals surface area contributed by atoms with Crippen LogP contribution in [0.5, 0.6) is 0 Å². The van der Waals surface area contributed by atoms with E-state index in [1.54, 1.807) is 0 Å². The Kier molecular flexibility index (Phi) is 4.92. The molecule has 1 heterocycles. The van der Waals surface area contributed by atoms with E-state index < -0.39 is 18.6 Å². The van der Waals surface area contributed by atoms with E-state index in [1.165, 1.54) is 23.2 Å². The number of carbonyl (C=O) groups is 1. The van der Waals surface area contributed by atoms with E-state index in [0.717, 1.165) is 30.3 Å². The summed E-state index contributed by atoms with van der Waals surface area (Å²) in [6, 6.07) is 2.84. The molecule has 118 valence electrons. The van der Waals surface area contributed by atoms with Gasteiger partial charge in [-0.25, -0.2) is 0 Å². The second-order valence-corrected chi connectivity index (χ2v) is 5.30. The molecule has 0 aromatic carbocycles. The lowest BCUT2D eigenvalue weighted by molar-refractivity contribution is -0.140. The summed E-state index contributed by atoms with van der Waals surface area (Å²) in [5.74, 6) is -0.440. The summed E-state index contributed by atoms with van der Waals surface area (Å²) in [6.45, 7) is -1.22. The Morgan fingerprint density at radius 2 is 2.05 bits per heavy atom. The molecule has 1 aromatic rings. The smallest absolute Gasteiger partial charge is 0.395 e. The van der Waals surface area contributed by atoms with E-state index in [2.05, 4.69) is 0 Å². The Bertz CT molecular complexity index is 479. The minimum atomic E-state index is -4.37. The molecule has 7 heteroatoms. The van der Waals surface area contributed by atoms with Gasteiger partial charge in [0, 0.05) is 18.8 Å². The summed E-state index contributed by atoms with van der Waals surface area (Å²) in [4.78, 5) is 14.0. The fraction of sp³-hybridized carbons (Fsp3) is 0.643. The van der Waals surface area contributed by atoms with Crippen LogP contribution in [0.1, 0.15) is 36.2 Å². The van der Waals surface area contributed by atoms with Crippen molar-refractivity contribution in [2.75, 3.05) is 13.2 Å². The van der Waals surface area contributed by atoms with Gasteiger partial charge in [-0.3, -0.25) is 4.79 Å². The Hall–Kier alpha value is -1.50. The van der Waals surface area contributed by atoms with Gasteiger partial charge in [0.2, 0.25) is 0 Å². The minimum Gasteiger partial charge on any atom is -0.395 e. The molecule has 1 N–H and O–H groups in total. The van der Waals surface area contributed by atoms with Crippen molar-refractivity contribution in [3.8, 4) is 0 Å². The van der Waals surface area contributed by atoms with Crippen LogP contribution in [0.15, 0.2) is 18.3 Å². The van der Waals surface area contributed by atoms with Gasteiger partial charge in [0.1, 0.15) is 12.2 Å². The first-order chi connectivity index (χ1) is 9.92. The first-order valence-corrected chi connectivity index (χ1v) is 7.06. The predicted molar refractivity (Wildman–Crippen MR) is 70.9 cm³/mol. The number of amides is 1. The summed E-state index contributed by atoms with van der Waals surface area (Å²) in [7, 11) is 0. The maximum absolute atomic E-state index is 12.5. The van der Waals surface area contributed by atoms with Crippen LogP contribution in [0.3, 0.4) is 0 Å². The SMILES string of the molecule is O=C(c1cccn1CC(F)(F)F)N(CCO)C1CCCC1. The highest BCUT2D eigenvalue weighted by atomic mass is 19.4. The van der Waals surface area contributed by atoms with E-state index >= 15 is 0 Å². The van der Waals surface area contributed by atoms with Crippen LogP contribution in [0.25, 0.3) is 0 Å². The molecule has 0 spiro atoms. The molecule has 0 atom stereocenters. The maximum Gasteiger partial charge on any atom is 0.406 e. The van der Waals surface area contributed by atoms with E-state index in [1.807, 2.05) is 0 Å². The van der Waals surface area contributed by atoms with E-state index in [4.69, 9.17) is 5.11 Å². The van der Waals surface area contributed by atoms with Crippen LogP contribution in [0.4, 0.5) is 13.2 Å². The first kappa shape index (κ1) is 15.9. The Balaban J connectivity index is 2.18. The van der Waals surface area contributed by atoms with Crippen molar-refractivity contribution in [3.63, 3.8) is 0 Å². The van der Waals surface area contributed by atoms with Crippen molar-refractivity contribution in [1.29, 1.82) is 0 Å². The molecule has 1 aromatic heterocycles. The van der Waals surface area contributed by atoms with E-state index in [-0.39, 0.29) is 24.9 Å². The molecule has 1 aliphatic carbocycles. The quantitative estimate of drug-likeness (QED) is 0.908. The van der Waals surface area contributed by atoms with Crippen LogP contribution in [0.2, 0.25) is 0 Å². The third-order valence-electron chi connectivity index (χ3n) is 3.77. The van der Waals surface area contributed by atoms with Gasteiger partial charge in [-0.05, 0) is 25.0 Å². The Labute approximate surface area is 121 Å². The fourth-order valence-corrected chi connectivity index (χ4v) is 2.86. The molecule has 1 fully saturated rings. The van der Waals surface area contributed by atoms with Crippen LogP contribution in [0, 0.1) is 0 Å². The average molecular weight is 304 g/mol. The van der Waals surface area contributed by atoms with Gasteiger partial charge in [0.25, 0.3) is 5.91 Å². The summed E-state index contributed by atoms with van der Waals surface area (Å²) >= 11 is 0. The predicted octanol–water partition coefficient (Wildman–Crippen LogP) is 2.43. The van der Waals surface area contributed by atoms with Gasteiger partial charge < -0.3 is 14.6 Å². The summed E-state index contributed by atoms with van der Waals surface area (Å²) in [5.41, 5.74) is 0.0210. The van der Waals surface area contributed by atoms with Crippen LogP contribution < -0.4 is 0 Å². The zero-order chi connectivity index (χ0) is 15.5. The molecule has 1 aliphatic rings. The monoisotopic (exact) mass is 304 g/mol. The van der Waals surface area contributed by atoms with Crippen LogP contribution in [-0.4, -0.2) is 45.9 Å². The minimum absolute atomic E-state index is 0.0129. The largest absolute Gasteiger partial charge is 0.406 e. The van der Waals surface area contributed by atoms with E-state index in [0.29, 0.717) is 0 Å². The number of rotatable bonds is 5. The molecule has 1 saturated carbocycles. The molecule has 2 rings (SSSR count). The average Bonchev–Trinajstić information content (AvgIpc) is 3.04. The number of alkyl halides is 3. The van der Waals surface area contributed by atoms with Crippen LogP contribution >= 0.6 is 0 Å². The van der Waals surface area contributed by atoms with Crippen molar-refractivity contribution >= 4 is 5.91 Å². The topological polar surface area (TPSA) is 45.5 Å². The number of hydrogen-bond donors (Lipinski definition) is 1. The highest BCUT2D eigenvalue weighted by Crippen LogP contribution is 2.26. The molecule has 0 aliphatic heterocycles. The van der Waals surface area contributed by atoms with Crippen LogP contribution in [-0.2, 0) is 6.54 Å². The third-order valence-corrected chi connectivity index (χ3v) is 3.77. The lowest BCUT2D eigenvalue weighted by atomic mass is 10.2. The number of halogens is 3. The molecule has 0 radical (unpaired) electrons. The summed E-state index contributed by atoms with van der Waals surface area (Å²) < 4.78 is 38.5. The Morgan fingerprint density at radius 3 is 2.62 bits per heavy atom. The lowest BCUT2D eigenvalue weighted by Crippen LogP contribution is -2.41. The molecular weight excluding hydrogens is 285 g/mol. The number of carbonyl (C=O) groups excluding carboxylic acids is 1. The van der Waals surface area contributed by atoms with Crippen molar-refractivity contribution in [2.45, 2.75) is 44.4 Å². The second-order valence-electron chi connectivity index (χ2n) is 5.30. The van der Waals surface area contributed by atoms with Crippen molar-refractivity contribution in [1.82, 2.24) is 9.47 Å². The third kappa shape index (κ3) is 4.00. The van der Waals surface area contributed by atoms with Gasteiger partial charge in [0.05, 0.1) is 6.61 Å². The lowest BCUT2D eigenvalue weighted by Gasteiger charge is -2.28. The summed E-state index contributed by atoms with van der Waals surface area (Å²) in [6.07, 6.45) is 0.569.